The SMILES string of the molecule is CN(C)C(=O)/C=C/C(=O)Oc1ccc(C(C)(C)c2ccccc2)cc1. The predicted octanol–water partition coefficient (Wildman–Crippen LogP) is 3.56. The molecule has 0 aliphatic rings. The summed E-state index contributed by atoms with van der Waals surface area (Å²) in [7, 11) is 3.23. The van der Waals surface area contributed by atoms with Gasteiger partial charge in [-0.3, -0.25) is 4.79 Å². The first-order valence-electron chi connectivity index (χ1n) is 8.08. The van der Waals surface area contributed by atoms with Gasteiger partial charge in [0.25, 0.3) is 0 Å². The average Bonchev–Trinajstić information content (AvgIpc) is 2.60. The molecule has 0 aliphatic carbocycles. The number of carbonyl (C=O) groups excluding carboxylic acids is 2. The molecule has 130 valence electrons. The highest BCUT2D eigenvalue weighted by Gasteiger charge is 2.22. The van der Waals surface area contributed by atoms with E-state index in [9.17, 15) is 9.59 Å². The first-order chi connectivity index (χ1) is 11.8. The summed E-state index contributed by atoms with van der Waals surface area (Å²) in [5, 5.41) is 0. The molecule has 0 aliphatic heterocycles. The Kier molecular flexibility index (Phi) is 5.75. The molecule has 0 aromatic heterocycles. The van der Waals surface area contributed by atoms with Gasteiger partial charge in [-0.2, -0.15) is 0 Å². The topological polar surface area (TPSA) is 46.6 Å². The van der Waals surface area contributed by atoms with Crippen LogP contribution in [-0.4, -0.2) is 30.9 Å². The number of ether oxygens (including phenoxy) is 1. The maximum absolute atomic E-state index is 11.8. The number of nitrogens with zero attached hydrogens (tertiary/aromatic N) is 1. The number of benzene rings is 2. The maximum atomic E-state index is 11.8. The largest absolute Gasteiger partial charge is 0.423 e. The second-order valence-electron chi connectivity index (χ2n) is 6.50. The van der Waals surface area contributed by atoms with Crippen LogP contribution in [-0.2, 0) is 15.0 Å². The first-order valence-corrected chi connectivity index (χ1v) is 8.08. The second kappa shape index (κ2) is 7.79. The number of carbonyl (C=O) groups is 2. The van der Waals surface area contributed by atoms with Gasteiger partial charge < -0.3 is 9.64 Å². The minimum Gasteiger partial charge on any atom is -0.423 e. The fraction of sp³-hybridized carbons (Fsp3) is 0.238. The Balaban J connectivity index is 2.07. The fourth-order valence-electron chi connectivity index (χ4n) is 2.40. The van der Waals surface area contributed by atoms with Crippen molar-refractivity contribution in [2.24, 2.45) is 0 Å². The van der Waals surface area contributed by atoms with E-state index in [-0.39, 0.29) is 11.3 Å². The minimum atomic E-state index is -0.578. The predicted molar refractivity (Wildman–Crippen MR) is 98.5 cm³/mol. The van der Waals surface area contributed by atoms with Crippen LogP contribution in [0, 0.1) is 0 Å². The second-order valence-corrected chi connectivity index (χ2v) is 6.50. The number of hydrogen-bond donors (Lipinski definition) is 0. The molecule has 0 atom stereocenters. The molecule has 0 unspecified atom stereocenters. The zero-order valence-electron chi connectivity index (χ0n) is 15.0. The van der Waals surface area contributed by atoms with E-state index in [1.165, 1.54) is 16.5 Å². The molecular formula is C21H23NO3. The smallest absolute Gasteiger partial charge is 0.336 e. The molecule has 2 aromatic rings. The van der Waals surface area contributed by atoms with E-state index in [1.807, 2.05) is 30.3 Å². The third kappa shape index (κ3) is 4.80. The summed E-state index contributed by atoms with van der Waals surface area (Å²) in [4.78, 5) is 24.6. The van der Waals surface area contributed by atoms with Gasteiger partial charge >= 0.3 is 5.97 Å². The standard InChI is InChI=1S/C21H23NO3/c1-21(2,16-8-6-5-7-9-16)17-10-12-18(13-11-17)25-20(24)15-14-19(23)22(3)4/h5-15H,1-4H3/b15-14+. The van der Waals surface area contributed by atoms with Gasteiger partial charge in [-0.05, 0) is 23.3 Å². The first kappa shape index (κ1) is 18.5. The summed E-state index contributed by atoms with van der Waals surface area (Å²) in [5.41, 5.74) is 2.18. The van der Waals surface area contributed by atoms with Crippen LogP contribution in [0.5, 0.6) is 5.75 Å². The van der Waals surface area contributed by atoms with Crippen LogP contribution in [0.4, 0.5) is 0 Å². The van der Waals surface area contributed by atoms with E-state index in [2.05, 4.69) is 26.0 Å². The highest BCUT2D eigenvalue weighted by molar-refractivity contribution is 5.94. The molecule has 1 amide bonds. The van der Waals surface area contributed by atoms with E-state index in [4.69, 9.17) is 4.74 Å². The third-order valence-corrected chi connectivity index (χ3v) is 4.09. The summed E-state index contributed by atoms with van der Waals surface area (Å²) in [6, 6.07) is 17.7. The van der Waals surface area contributed by atoms with Crippen molar-refractivity contribution < 1.29 is 14.3 Å². The lowest BCUT2D eigenvalue weighted by Gasteiger charge is -2.26. The summed E-state index contributed by atoms with van der Waals surface area (Å²) < 4.78 is 5.22. The van der Waals surface area contributed by atoms with Crippen LogP contribution < -0.4 is 4.74 Å². The summed E-state index contributed by atoms with van der Waals surface area (Å²) in [6.45, 7) is 4.30. The Hall–Kier alpha value is -2.88. The summed E-state index contributed by atoms with van der Waals surface area (Å²) >= 11 is 0. The lowest BCUT2D eigenvalue weighted by Crippen LogP contribution is -2.19. The van der Waals surface area contributed by atoms with Gasteiger partial charge in [-0.1, -0.05) is 56.3 Å². The molecular weight excluding hydrogens is 314 g/mol. The van der Waals surface area contributed by atoms with E-state index in [0.717, 1.165) is 11.6 Å². The molecule has 0 bridgehead atoms. The monoisotopic (exact) mass is 337 g/mol. The normalized spacial score (nSPS) is 11.4. The van der Waals surface area contributed by atoms with Crippen molar-refractivity contribution in [1.82, 2.24) is 4.90 Å². The Morgan fingerprint density at radius 3 is 2.00 bits per heavy atom. The van der Waals surface area contributed by atoms with Crippen molar-refractivity contribution in [2.75, 3.05) is 14.1 Å². The average molecular weight is 337 g/mol. The molecule has 0 saturated carbocycles. The molecule has 25 heavy (non-hydrogen) atoms. The third-order valence-electron chi connectivity index (χ3n) is 4.09. The van der Waals surface area contributed by atoms with Crippen molar-refractivity contribution in [3.63, 3.8) is 0 Å². The number of amides is 1. The molecule has 0 radical (unpaired) electrons. The molecule has 4 heteroatoms. The Bertz CT molecular complexity index is 759. The molecule has 0 fully saturated rings. The maximum Gasteiger partial charge on any atom is 0.336 e. The Morgan fingerprint density at radius 2 is 1.44 bits per heavy atom. The lowest BCUT2D eigenvalue weighted by atomic mass is 9.78. The molecule has 4 nitrogen and oxygen atoms in total. The van der Waals surface area contributed by atoms with Gasteiger partial charge in [-0.25, -0.2) is 4.79 Å². The van der Waals surface area contributed by atoms with E-state index < -0.39 is 5.97 Å². The Labute approximate surface area is 148 Å². The molecule has 0 N–H and O–H groups in total. The minimum absolute atomic E-state index is 0.151. The number of likely N-dealkylation sites (N-methyl/N-ethyl adjacent to an activating group) is 1. The van der Waals surface area contributed by atoms with Crippen LogP contribution in [0.2, 0.25) is 0 Å². The van der Waals surface area contributed by atoms with Crippen LogP contribution in [0.25, 0.3) is 0 Å². The molecule has 0 heterocycles. The van der Waals surface area contributed by atoms with Crippen LogP contribution in [0.3, 0.4) is 0 Å². The zero-order valence-corrected chi connectivity index (χ0v) is 15.0. The van der Waals surface area contributed by atoms with Crippen LogP contribution >= 0.6 is 0 Å². The molecule has 0 spiro atoms. The van der Waals surface area contributed by atoms with Gasteiger partial charge in [0.2, 0.25) is 5.91 Å². The molecule has 0 saturated heterocycles. The van der Waals surface area contributed by atoms with Gasteiger partial charge in [-0.15, -0.1) is 0 Å². The quantitative estimate of drug-likeness (QED) is 0.476. The fourth-order valence-corrected chi connectivity index (χ4v) is 2.40. The van der Waals surface area contributed by atoms with Gasteiger partial charge in [0.15, 0.2) is 0 Å². The molecule has 2 rings (SSSR count). The van der Waals surface area contributed by atoms with Crippen LogP contribution in [0.15, 0.2) is 66.7 Å². The number of rotatable bonds is 5. The van der Waals surface area contributed by atoms with Crippen molar-refractivity contribution in [1.29, 1.82) is 0 Å². The van der Waals surface area contributed by atoms with Crippen molar-refractivity contribution in [2.45, 2.75) is 19.3 Å². The van der Waals surface area contributed by atoms with Crippen molar-refractivity contribution in [3.05, 3.63) is 77.9 Å². The number of hydrogen-bond acceptors (Lipinski definition) is 3. The highest BCUT2D eigenvalue weighted by Crippen LogP contribution is 2.32. The highest BCUT2D eigenvalue weighted by atomic mass is 16.5. The Morgan fingerprint density at radius 1 is 0.880 bits per heavy atom. The number of esters is 1. The lowest BCUT2D eigenvalue weighted by molar-refractivity contribution is -0.129. The van der Waals surface area contributed by atoms with E-state index in [0.29, 0.717) is 5.75 Å². The molecule has 2 aromatic carbocycles. The van der Waals surface area contributed by atoms with Gasteiger partial charge in [0, 0.05) is 31.7 Å². The zero-order chi connectivity index (χ0) is 18.4. The van der Waals surface area contributed by atoms with E-state index >= 15 is 0 Å². The van der Waals surface area contributed by atoms with Crippen molar-refractivity contribution in [3.8, 4) is 5.75 Å². The summed E-state index contributed by atoms with van der Waals surface area (Å²) in [6.07, 6.45) is 2.32. The van der Waals surface area contributed by atoms with Crippen LogP contribution in [0.1, 0.15) is 25.0 Å². The van der Waals surface area contributed by atoms with Crippen molar-refractivity contribution >= 4 is 11.9 Å². The van der Waals surface area contributed by atoms with Gasteiger partial charge in [0.05, 0.1) is 0 Å². The van der Waals surface area contributed by atoms with Gasteiger partial charge in [0.1, 0.15) is 5.75 Å². The summed E-state index contributed by atoms with van der Waals surface area (Å²) in [5.74, 6) is -0.401. The van der Waals surface area contributed by atoms with E-state index in [1.54, 1.807) is 26.2 Å².